The number of hydrogen-bond acceptors (Lipinski definition) is 7. The van der Waals surface area contributed by atoms with Gasteiger partial charge in [0.05, 0.1) is 4.90 Å². The average Bonchev–Trinajstić information content (AvgIpc) is 2.95. The van der Waals surface area contributed by atoms with Crippen molar-refractivity contribution in [3.8, 4) is 0 Å². The molecule has 1 aliphatic rings. The topological polar surface area (TPSA) is 149 Å². The van der Waals surface area contributed by atoms with Crippen molar-refractivity contribution in [3.05, 3.63) is 78.9 Å². The van der Waals surface area contributed by atoms with Crippen LogP contribution in [-0.4, -0.2) is 73.2 Å². The highest BCUT2D eigenvalue weighted by Crippen LogP contribution is 2.23. The van der Waals surface area contributed by atoms with Crippen LogP contribution in [0, 0.1) is 11.7 Å². The van der Waals surface area contributed by atoms with Crippen LogP contribution < -0.4 is 10.0 Å². The van der Waals surface area contributed by atoms with E-state index in [2.05, 4.69) is 19.9 Å². The van der Waals surface area contributed by atoms with Crippen LogP contribution in [0.1, 0.15) is 19.3 Å². The molecular formula is C28H33FN4O6S. The molecule has 0 saturated carbocycles. The minimum atomic E-state index is -3.57. The molecule has 0 unspecified atom stereocenters. The summed E-state index contributed by atoms with van der Waals surface area (Å²) in [6.45, 7) is 4.25. The summed E-state index contributed by atoms with van der Waals surface area (Å²) in [4.78, 5) is 25.9. The van der Waals surface area contributed by atoms with E-state index >= 15 is 0 Å². The quantitative estimate of drug-likeness (QED) is 0.200. The van der Waals surface area contributed by atoms with Crippen LogP contribution in [0.15, 0.2) is 78.0 Å². The molecule has 1 fully saturated rings. The van der Waals surface area contributed by atoms with Crippen molar-refractivity contribution in [1.29, 1.82) is 0 Å². The fraction of sp³-hybridized carbons (Fsp3) is 0.321. The molecule has 1 aliphatic heterocycles. The maximum atomic E-state index is 12.9. The van der Waals surface area contributed by atoms with Crippen molar-refractivity contribution in [2.75, 3.05) is 38.0 Å². The Morgan fingerprint density at radius 1 is 1.02 bits per heavy atom. The zero-order valence-corrected chi connectivity index (χ0v) is 22.7. The Morgan fingerprint density at radius 3 is 2.35 bits per heavy atom. The lowest BCUT2D eigenvalue weighted by molar-refractivity contribution is -0.134. The van der Waals surface area contributed by atoms with Crippen molar-refractivity contribution < 1.29 is 32.6 Å². The van der Waals surface area contributed by atoms with Gasteiger partial charge in [-0.1, -0.05) is 12.1 Å². The highest BCUT2D eigenvalue weighted by molar-refractivity contribution is 7.89. The van der Waals surface area contributed by atoms with Crippen LogP contribution in [0.25, 0.3) is 10.8 Å². The summed E-state index contributed by atoms with van der Waals surface area (Å²) in [7, 11) is -3.57. The van der Waals surface area contributed by atoms with E-state index in [0.29, 0.717) is 34.9 Å². The predicted octanol–water partition coefficient (Wildman–Crippen LogP) is 3.58. The van der Waals surface area contributed by atoms with Crippen molar-refractivity contribution in [2.45, 2.75) is 24.2 Å². The van der Waals surface area contributed by atoms with Crippen LogP contribution in [0.3, 0.4) is 0 Å². The molecule has 0 spiro atoms. The highest BCUT2D eigenvalue weighted by Gasteiger charge is 2.22. The summed E-state index contributed by atoms with van der Waals surface area (Å²) < 4.78 is 41.6. The third kappa shape index (κ3) is 10.0. The minimum Gasteiger partial charge on any atom is -0.478 e. The van der Waals surface area contributed by atoms with Gasteiger partial charge < -0.3 is 20.4 Å². The number of halogens is 1. The van der Waals surface area contributed by atoms with E-state index in [-0.39, 0.29) is 5.82 Å². The van der Waals surface area contributed by atoms with E-state index in [9.17, 15) is 22.4 Å². The smallest absolute Gasteiger partial charge is 0.328 e. The Morgan fingerprint density at radius 2 is 1.70 bits per heavy atom. The molecule has 12 heteroatoms. The summed E-state index contributed by atoms with van der Waals surface area (Å²) >= 11 is 0. The van der Waals surface area contributed by atoms with Gasteiger partial charge in [0.15, 0.2) is 0 Å². The molecule has 0 amide bonds. The number of aliphatic carboxylic acids is 2. The number of sulfonamides is 1. The molecule has 1 saturated heterocycles. The summed E-state index contributed by atoms with van der Waals surface area (Å²) in [5.74, 6) is -2.40. The number of nitrogens with zero attached hydrogens (tertiary/aromatic N) is 2. The monoisotopic (exact) mass is 572 g/mol. The first-order valence-electron chi connectivity index (χ1n) is 12.8. The number of nitrogens with one attached hydrogen (secondary N) is 2. The van der Waals surface area contributed by atoms with Gasteiger partial charge in [-0.2, -0.15) is 0 Å². The van der Waals surface area contributed by atoms with Gasteiger partial charge in [-0.15, -0.1) is 0 Å². The third-order valence-electron chi connectivity index (χ3n) is 6.39. The van der Waals surface area contributed by atoms with Crippen LogP contribution in [0.2, 0.25) is 0 Å². The molecule has 10 nitrogen and oxygen atoms in total. The van der Waals surface area contributed by atoms with Gasteiger partial charge in [-0.3, -0.25) is 4.98 Å². The number of rotatable bonds is 11. The number of anilines is 1. The molecule has 0 atom stereocenters. The molecule has 40 heavy (non-hydrogen) atoms. The van der Waals surface area contributed by atoms with Crippen LogP contribution in [0.4, 0.5) is 10.1 Å². The number of pyridine rings is 1. The predicted molar refractivity (Wildman–Crippen MR) is 150 cm³/mol. The SMILES string of the molecule is O=C(O)/C=C/C(=O)O.O=S(=O)(NCC1CCN(CCCNc2ccc(F)cc2)CC1)c1cccc2cnccc12. The van der Waals surface area contributed by atoms with E-state index in [1.807, 2.05) is 6.07 Å². The lowest BCUT2D eigenvalue weighted by Crippen LogP contribution is -2.39. The number of hydrogen-bond donors (Lipinski definition) is 4. The molecular weight excluding hydrogens is 539 g/mol. The Labute approximate surface area is 232 Å². The molecule has 2 heterocycles. The van der Waals surface area contributed by atoms with E-state index in [4.69, 9.17) is 10.2 Å². The molecule has 1 aromatic heterocycles. The number of carboxylic acid groups (broad SMARTS) is 2. The van der Waals surface area contributed by atoms with Gasteiger partial charge in [0.1, 0.15) is 5.82 Å². The highest BCUT2D eigenvalue weighted by atomic mass is 32.2. The lowest BCUT2D eigenvalue weighted by atomic mass is 9.97. The number of benzene rings is 2. The second-order valence-electron chi connectivity index (χ2n) is 9.29. The fourth-order valence-corrected chi connectivity index (χ4v) is 5.64. The fourth-order valence-electron chi connectivity index (χ4n) is 4.29. The average molecular weight is 573 g/mol. The second kappa shape index (κ2) is 15.1. The van der Waals surface area contributed by atoms with Gasteiger partial charge in [-0.25, -0.2) is 27.1 Å². The minimum absolute atomic E-state index is 0.227. The molecule has 0 aliphatic carbocycles. The maximum absolute atomic E-state index is 12.9. The van der Waals surface area contributed by atoms with E-state index in [1.54, 1.807) is 42.7 Å². The second-order valence-corrected chi connectivity index (χ2v) is 11.0. The first-order chi connectivity index (χ1) is 19.1. The largest absolute Gasteiger partial charge is 0.478 e. The van der Waals surface area contributed by atoms with Crippen molar-refractivity contribution in [1.82, 2.24) is 14.6 Å². The summed E-state index contributed by atoms with van der Waals surface area (Å²) in [5, 5.41) is 20.4. The zero-order valence-electron chi connectivity index (χ0n) is 21.9. The number of carboxylic acids is 2. The van der Waals surface area contributed by atoms with Crippen LogP contribution in [-0.2, 0) is 19.6 Å². The van der Waals surface area contributed by atoms with Gasteiger partial charge in [0, 0.05) is 54.1 Å². The number of aromatic nitrogens is 1. The first-order valence-corrected chi connectivity index (χ1v) is 14.3. The molecule has 3 aromatic rings. The Balaban J connectivity index is 0.000000482. The summed E-state index contributed by atoms with van der Waals surface area (Å²) in [6, 6.07) is 13.4. The van der Waals surface area contributed by atoms with Crippen molar-refractivity contribution in [2.24, 2.45) is 5.92 Å². The van der Waals surface area contributed by atoms with E-state index < -0.39 is 22.0 Å². The first kappa shape index (κ1) is 30.7. The zero-order chi connectivity index (χ0) is 29.0. The van der Waals surface area contributed by atoms with E-state index in [1.165, 1.54) is 12.1 Å². The van der Waals surface area contributed by atoms with Gasteiger partial charge in [0.25, 0.3) is 0 Å². The summed E-state index contributed by atoms with van der Waals surface area (Å²) in [6.07, 6.45) is 7.38. The summed E-state index contributed by atoms with van der Waals surface area (Å²) in [5.41, 5.74) is 0.930. The molecule has 214 valence electrons. The van der Waals surface area contributed by atoms with Crippen molar-refractivity contribution >= 4 is 38.4 Å². The van der Waals surface area contributed by atoms with Gasteiger partial charge in [0.2, 0.25) is 10.0 Å². The Bertz CT molecular complexity index is 1390. The molecule has 0 radical (unpaired) electrons. The van der Waals surface area contributed by atoms with E-state index in [0.717, 1.165) is 56.5 Å². The molecule has 4 rings (SSSR count). The maximum Gasteiger partial charge on any atom is 0.328 e. The van der Waals surface area contributed by atoms with Gasteiger partial charge >= 0.3 is 11.9 Å². The number of piperidine rings is 1. The van der Waals surface area contributed by atoms with Crippen molar-refractivity contribution in [3.63, 3.8) is 0 Å². The number of fused-ring (bicyclic) bond motifs is 1. The Hall–Kier alpha value is -3.87. The number of likely N-dealkylation sites (tertiary alicyclic amines) is 1. The lowest BCUT2D eigenvalue weighted by Gasteiger charge is -2.32. The molecule has 4 N–H and O–H groups in total. The van der Waals surface area contributed by atoms with Gasteiger partial charge in [-0.05, 0) is 81.2 Å². The Kier molecular flexibility index (Phi) is 11.5. The number of carbonyl (C=O) groups is 2. The van der Waals surface area contributed by atoms with Crippen LogP contribution >= 0.6 is 0 Å². The normalized spacial score (nSPS) is 14.5. The van der Waals surface area contributed by atoms with Crippen LogP contribution in [0.5, 0.6) is 0 Å². The molecule has 2 aromatic carbocycles. The standard InChI is InChI=1S/C24H29FN4O2S.C4H4O4/c25-21-5-7-22(8-6-21)27-12-2-14-29-15-10-19(11-16-29)17-28-32(30,31)24-4-1-3-20-18-26-13-9-23(20)24;5-3(6)1-2-4(7)8/h1,3-9,13,18-19,27-28H,2,10-12,14-17H2;1-2H,(H,5,6)(H,7,8)/b;2-1+. The third-order valence-corrected chi connectivity index (χ3v) is 7.87. The molecule has 0 bridgehead atoms.